The Morgan fingerprint density at radius 1 is 1.00 bits per heavy atom. The number of aromatic hydroxyl groups is 1. The number of aliphatic hydroxyl groups is 1. The molecule has 0 aliphatic heterocycles. The average molecular weight is 396 g/mol. The minimum Gasteiger partial charge on any atom is -0.508 e. The molecule has 3 amide bonds. The van der Waals surface area contributed by atoms with Crippen LogP contribution >= 0.6 is 0 Å². The summed E-state index contributed by atoms with van der Waals surface area (Å²) in [6, 6.07) is 2.15. The largest absolute Gasteiger partial charge is 0.508 e. The second-order valence-corrected chi connectivity index (χ2v) is 6.13. The smallest absolute Gasteiger partial charge is 0.326 e. The Hall–Kier alpha value is -3.18. The number of phenols is 1. The number of carboxylic acids is 1. The van der Waals surface area contributed by atoms with E-state index in [0.717, 1.165) is 0 Å². The summed E-state index contributed by atoms with van der Waals surface area (Å²) in [5.74, 6) is -3.73. The van der Waals surface area contributed by atoms with Gasteiger partial charge in [0.05, 0.1) is 12.6 Å². The molecule has 3 atom stereocenters. The summed E-state index contributed by atoms with van der Waals surface area (Å²) in [4.78, 5) is 46.3. The molecule has 0 radical (unpaired) electrons. The van der Waals surface area contributed by atoms with E-state index in [2.05, 4.69) is 10.6 Å². The Morgan fingerprint density at radius 3 is 2.07 bits per heavy atom. The Balaban J connectivity index is 2.65. The first-order valence-electron chi connectivity index (χ1n) is 8.40. The Kier molecular flexibility index (Phi) is 8.85. The molecule has 0 saturated heterocycles. The molecule has 11 heteroatoms. The van der Waals surface area contributed by atoms with Crippen molar-refractivity contribution in [3.8, 4) is 5.75 Å². The first-order chi connectivity index (χ1) is 13.1. The number of rotatable bonds is 11. The van der Waals surface area contributed by atoms with Crippen LogP contribution in [-0.4, -0.2) is 63.7 Å². The molecule has 0 saturated carbocycles. The van der Waals surface area contributed by atoms with E-state index in [1.54, 1.807) is 12.1 Å². The van der Waals surface area contributed by atoms with Crippen molar-refractivity contribution < 1.29 is 34.5 Å². The second kappa shape index (κ2) is 10.8. The van der Waals surface area contributed by atoms with Gasteiger partial charge in [0, 0.05) is 6.42 Å². The van der Waals surface area contributed by atoms with Gasteiger partial charge < -0.3 is 37.4 Å². The number of hydrogen-bond acceptors (Lipinski definition) is 7. The number of amides is 3. The van der Waals surface area contributed by atoms with Gasteiger partial charge in [0.1, 0.15) is 17.8 Å². The van der Waals surface area contributed by atoms with E-state index in [0.29, 0.717) is 5.56 Å². The molecule has 0 spiro atoms. The minimum atomic E-state index is -1.42. The van der Waals surface area contributed by atoms with Crippen LogP contribution in [-0.2, 0) is 25.6 Å². The molecule has 0 heterocycles. The zero-order valence-corrected chi connectivity index (χ0v) is 15.0. The number of hydrogen-bond donors (Lipinski definition) is 7. The van der Waals surface area contributed by atoms with Gasteiger partial charge in [-0.3, -0.25) is 14.4 Å². The molecule has 1 rings (SSSR count). The summed E-state index contributed by atoms with van der Waals surface area (Å²) in [6.45, 7) is -0.786. The van der Waals surface area contributed by atoms with Crippen LogP contribution in [0.15, 0.2) is 24.3 Å². The fourth-order valence-electron chi connectivity index (χ4n) is 2.27. The van der Waals surface area contributed by atoms with Crippen LogP contribution < -0.4 is 22.1 Å². The maximum atomic E-state index is 12.2. The standard InChI is InChI=1S/C17H24N4O7/c18-11(7-9-1-3-10(23)4-2-9)15(25)21-13(8-22)16(26)20-12(17(27)28)5-6-14(19)24/h1-4,11-13,22-23H,5-8,18H2,(H2,19,24)(H,20,26)(H,21,25)(H,27,28). The van der Waals surface area contributed by atoms with Crippen LogP contribution in [0.25, 0.3) is 0 Å². The molecular weight excluding hydrogens is 372 g/mol. The lowest BCUT2D eigenvalue weighted by Crippen LogP contribution is -2.56. The summed E-state index contributed by atoms with van der Waals surface area (Å²) in [5, 5.41) is 32.1. The summed E-state index contributed by atoms with van der Waals surface area (Å²) >= 11 is 0. The molecule has 1 aromatic rings. The van der Waals surface area contributed by atoms with Gasteiger partial charge in [0.25, 0.3) is 0 Å². The number of nitrogens with one attached hydrogen (secondary N) is 2. The van der Waals surface area contributed by atoms with Gasteiger partial charge in [-0.15, -0.1) is 0 Å². The topological polar surface area (TPSA) is 205 Å². The van der Waals surface area contributed by atoms with Gasteiger partial charge in [-0.1, -0.05) is 12.1 Å². The summed E-state index contributed by atoms with van der Waals surface area (Å²) in [6.07, 6.45) is -0.379. The number of carbonyl (C=O) groups excluding carboxylic acids is 3. The van der Waals surface area contributed by atoms with Crippen molar-refractivity contribution >= 4 is 23.7 Å². The maximum absolute atomic E-state index is 12.2. The quantitative estimate of drug-likeness (QED) is 0.214. The molecule has 1 aromatic carbocycles. The molecular formula is C17H24N4O7. The SMILES string of the molecule is NC(=O)CCC(NC(=O)C(CO)NC(=O)C(N)Cc1ccc(O)cc1)C(=O)O. The monoisotopic (exact) mass is 396 g/mol. The molecule has 9 N–H and O–H groups in total. The lowest BCUT2D eigenvalue weighted by molar-refractivity contribution is -0.142. The molecule has 3 unspecified atom stereocenters. The predicted octanol–water partition coefficient (Wildman–Crippen LogP) is -2.43. The van der Waals surface area contributed by atoms with Gasteiger partial charge in [-0.25, -0.2) is 4.79 Å². The van der Waals surface area contributed by atoms with Crippen molar-refractivity contribution in [3.63, 3.8) is 0 Å². The van der Waals surface area contributed by atoms with Crippen LogP contribution in [0.5, 0.6) is 5.75 Å². The van der Waals surface area contributed by atoms with Crippen LogP contribution in [0.1, 0.15) is 18.4 Å². The van der Waals surface area contributed by atoms with E-state index in [-0.39, 0.29) is 25.0 Å². The van der Waals surface area contributed by atoms with Gasteiger partial charge in [0.2, 0.25) is 17.7 Å². The van der Waals surface area contributed by atoms with Crippen molar-refractivity contribution in [2.45, 2.75) is 37.4 Å². The summed E-state index contributed by atoms with van der Waals surface area (Å²) < 4.78 is 0. The number of phenolic OH excluding ortho intramolecular Hbond substituents is 1. The number of carboxylic acid groups (broad SMARTS) is 1. The molecule has 0 bridgehead atoms. The van der Waals surface area contributed by atoms with Crippen molar-refractivity contribution in [1.82, 2.24) is 10.6 Å². The number of aliphatic hydroxyl groups excluding tert-OH is 1. The van der Waals surface area contributed by atoms with E-state index in [4.69, 9.17) is 16.6 Å². The number of aliphatic carboxylic acids is 1. The van der Waals surface area contributed by atoms with E-state index in [1.807, 2.05) is 0 Å². The Morgan fingerprint density at radius 2 is 1.57 bits per heavy atom. The predicted molar refractivity (Wildman–Crippen MR) is 96.8 cm³/mol. The van der Waals surface area contributed by atoms with Crippen LogP contribution in [0.2, 0.25) is 0 Å². The van der Waals surface area contributed by atoms with E-state index in [9.17, 15) is 29.4 Å². The molecule has 0 aromatic heterocycles. The van der Waals surface area contributed by atoms with Crippen molar-refractivity contribution in [1.29, 1.82) is 0 Å². The van der Waals surface area contributed by atoms with Crippen molar-refractivity contribution in [3.05, 3.63) is 29.8 Å². The first-order valence-corrected chi connectivity index (χ1v) is 8.40. The highest BCUT2D eigenvalue weighted by molar-refractivity contribution is 5.92. The molecule has 154 valence electrons. The molecule has 0 fully saturated rings. The Labute approximate surface area is 160 Å². The maximum Gasteiger partial charge on any atom is 0.326 e. The van der Waals surface area contributed by atoms with Gasteiger partial charge >= 0.3 is 5.97 Å². The summed E-state index contributed by atoms with van der Waals surface area (Å²) in [5.41, 5.74) is 11.4. The molecule has 0 aliphatic rings. The summed E-state index contributed by atoms with van der Waals surface area (Å²) in [7, 11) is 0. The van der Waals surface area contributed by atoms with Gasteiger partial charge in [-0.2, -0.15) is 0 Å². The molecule has 28 heavy (non-hydrogen) atoms. The number of nitrogens with two attached hydrogens (primary N) is 2. The van der Waals surface area contributed by atoms with Crippen LogP contribution in [0, 0.1) is 0 Å². The fraction of sp³-hybridized carbons (Fsp3) is 0.412. The van der Waals surface area contributed by atoms with Crippen molar-refractivity contribution in [2.24, 2.45) is 11.5 Å². The number of benzene rings is 1. The average Bonchev–Trinajstić information content (AvgIpc) is 2.63. The molecule has 11 nitrogen and oxygen atoms in total. The second-order valence-electron chi connectivity index (χ2n) is 6.13. The highest BCUT2D eigenvalue weighted by atomic mass is 16.4. The first kappa shape index (κ1) is 22.9. The van der Waals surface area contributed by atoms with Crippen LogP contribution in [0.3, 0.4) is 0 Å². The molecule has 0 aliphatic carbocycles. The van der Waals surface area contributed by atoms with E-state index in [1.165, 1.54) is 12.1 Å². The number of primary amides is 1. The highest BCUT2D eigenvalue weighted by Crippen LogP contribution is 2.11. The third kappa shape index (κ3) is 7.60. The number of carbonyl (C=O) groups is 4. The third-order valence-corrected chi connectivity index (χ3v) is 3.84. The minimum absolute atomic E-state index is 0.0584. The van der Waals surface area contributed by atoms with E-state index >= 15 is 0 Å². The van der Waals surface area contributed by atoms with Gasteiger partial charge in [-0.05, 0) is 30.5 Å². The lowest BCUT2D eigenvalue weighted by Gasteiger charge is -2.21. The van der Waals surface area contributed by atoms with Crippen LogP contribution in [0.4, 0.5) is 0 Å². The third-order valence-electron chi connectivity index (χ3n) is 3.84. The zero-order valence-electron chi connectivity index (χ0n) is 15.0. The normalized spacial score (nSPS) is 13.8. The fourth-order valence-corrected chi connectivity index (χ4v) is 2.27. The van der Waals surface area contributed by atoms with E-state index < -0.39 is 48.4 Å². The van der Waals surface area contributed by atoms with Gasteiger partial charge in [0.15, 0.2) is 0 Å². The lowest BCUT2D eigenvalue weighted by atomic mass is 10.1. The highest BCUT2D eigenvalue weighted by Gasteiger charge is 2.27. The van der Waals surface area contributed by atoms with Crippen molar-refractivity contribution in [2.75, 3.05) is 6.61 Å². The zero-order chi connectivity index (χ0) is 21.3. The Bertz CT molecular complexity index is 708.